The minimum atomic E-state index is -0.650. The van der Waals surface area contributed by atoms with Crippen molar-refractivity contribution in [3.8, 4) is 5.75 Å². The Morgan fingerprint density at radius 2 is 2.06 bits per heavy atom. The maximum Gasteiger partial charge on any atom is 0.123 e. The van der Waals surface area contributed by atoms with Crippen molar-refractivity contribution in [1.82, 2.24) is 0 Å². The summed E-state index contributed by atoms with van der Waals surface area (Å²) in [6.07, 6.45) is 2.79. The smallest absolute Gasteiger partial charge is 0.123 e. The van der Waals surface area contributed by atoms with E-state index in [1.165, 1.54) is 11.1 Å². The van der Waals surface area contributed by atoms with E-state index in [-0.39, 0.29) is 5.60 Å². The molecule has 2 nitrogen and oxygen atoms in total. The molecule has 1 aromatic carbocycles. The Kier molecular flexibility index (Phi) is 2.94. The predicted molar refractivity (Wildman–Crippen MR) is 69.5 cm³/mol. The standard InChI is InChI=1S/C15H22O2/c1-14(2,16)10-11-5-6-13-12(9-11)7-8-15(3,4)17-13/h5-6,9,16H,7-8,10H2,1-4H3. The highest BCUT2D eigenvalue weighted by Gasteiger charge is 2.26. The molecule has 0 amide bonds. The number of aliphatic hydroxyl groups is 1. The second kappa shape index (κ2) is 4.02. The van der Waals surface area contributed by atoms with Gasteiger partial charge in [-0.3, -0.25) is 0 Å². The molecule has 0 fully saturated rings. The molecule has 0 atom stereocenters. The predicted octanol–water partition coefficient (Wildman–Crippen LogP) is 3.10. The first-order chi connectivity index (χ1) is 7.75. The molecule has 0 radical (unpaired) electrons. The molecule has 94 valence electrons. The molecule has 1 N–H and O–H groups in total. The fourth-order valence-electron chi connectivity index (χ4n) is 2.32. The van der Waals surface area contributed by atoms with Crippen LogP contribution in [0.2, 0.25) is 0 Å². The van der Waals surface area contributed by atoms with Gasteiger partial charge >= 0.3 is 0 Å². The molecule has 0 unspecified atom stereocenters. The van der Waals surface area contributed by atoms with Crippen LogP contribution in [0.5, 0.6) is 5.75 Å². The number of fused-ring (bicyclic) bond motifs is 1. The van der Waals surface area contributed by atoms with Gasteiger partial charge in [0.1, 0.15) is 11.4 Å². The van der Waals surface area contributed by atoms with Crippen molar-refractivity contribution in [3.63, 3.8) is 0 Å². The van der Waals surface area contributed by atoms with E-state index in [1.54, 1.807) is 0 Å². The third-order valence-electron chi connectivity index (χ3n) is 3.14. The van der Waals surface area contributed by atoms with Crippen molar-refractivity contribution in [2.75, 3.05) is 0 Å². The zero-order chi connectivity index (χ0) is 12.7. The summed E-state index contributed by atoms with van der Waals surface area (Å²) in [5.74, 6) is 1.00. The van der Waals surface area contributed by atoms with Crippen LogP contribution in [0.1, 0.15) is 45.2 Å². The first kappa shape index (κ1) is 12.4. The van der Waals surface area contributed by atoms with E-state index in [9.17, 15) is 5.11 Å². The third-order valence-corrected chi connectivity index (χ3v) is 3.14. The second-order valence-electron chi connectivity index (χ2n) is 6.29. The SMILES string of the molecule is CC(C)(O)Cc1ccc2c(c1)CCC(C)(C)O2. The zero-order valence-electron chi connectivity index (χ0n) is 11.2. The molecule has 0 aromatic heterocycles. The summed E-state index contributed by atoms with van der Waals surface area (Å²) in [5, 5.41) is 9.83. The molecule has 0 saturated heterocycles. The summed E-state index contributed by atoms with van der Waals surface area (Å²) >= 11 is 0. The number of rotatable bonds is 2. The van der Waals surface area contributed by atoms with Gasteiger partial charge in [0.05, 0.1) is 5.60 Å². The van der Waals surface area contributed by atoms with E-state index in [2.05, 4.69) is 26.0 Å². The van der Waals surface area contributed by atoms with E-state index < -0.39 is 5.60 Å². The quantitative estimate of drug-likeness (QED) is 0.852. The van der Waals surface area contributed by atoms with Gasteiger partial charge in [-0.1, -0.05) is 12.1 Å². The van der Waals surface area contributed by atoms with Crippen molar-refractivity contribution in [1.29, 1.82) is 0 Å². The van der Waals surface area contributed by atoms with Crippen LogP contribution < -0.4 is 4.74 Å². The fraction of sp³-hybridized carbons (Fsp3) is 0.600. The van der Waals surface area contributed by atoms with Crippen LogP contribution in [-0.2, 0) is 12.8 Å². The fourth-order valence-corrected chi connectivity index (χ4v) is 2.32. The van der Waals surface area contributed by atoms with Gasteiger partial charge in [0, 0.05) is 6.42 Å². The Morgan fingerprint density at radius 3 is 2.71 bits per heavy atom. The van der Waals surface area contributed by atoms with Crippen molar-refractivity contribution in [2.24, 2.45) is 0 Å². The van der Waals surface area contributed by atoms with E-state index >= 15 is 0 Å². The first-order valence-corrected chi connectivity index (χ1v) is 6.28. The van der Waals surface area contributed by atoms with Crippen molar-refractivity contribution < 1.29 is 9.84 Å². The number of hydrogen-bond acceptors (Lipinski definition) is 2. The topological polar surface area (TPSA) is 29.5 Å². The highest BCUT2D eigenvalue weighted by Crippen LogP contribution is 2.33. The summed E-state index contributed by atoms with van der Waals surface area (Å²) in [7, 11) is 0. The van der Waals surface area contributed by atoms with Crippen LogP contribution >= 0.6 is 0 Å². The lowest BCUT2D eigenvalue weighted by atomic mass is 9.91. The average Bonchev–Trinajstić information content (AvgIpc) is 2.15. The highest BCUT2D eigenvalue weighted by atomic mass is 16.5. The van der Waals surface area contributed by atoms with E-state index in [0.29, 0.717) is 6.42 Å². The molecule has 1 aliphatic heterocycles. The van der Waals surface area contributed by atoms with E-state index in [0.717, 1.165) is 18.6 Å². The molecule has 2 rings (SSSR count). The summed E-state index contributed by atoms with van der Waals surface area (Å²) < 4.78 is 5.94. The van der Waals surface area contributed by atoms with Crippen LogP contribution in [0.3, 0.4) is 0 Å². The lowest BCUT2D eigenvalue weighted by molar-refractivity contribution is 0.0790. The number of ether oxygens (including phenoxy) is 1. The molecule has 0 bridgehead atoms. The lowest BCUT2D eigenvalue weighted by Crippen LogP contribution is -2.32. The molecule has 0 saturated carbocycles. The molecule has 2 heteroatoms. The van der Waals surface area contributed by atoms with Crippen LogP contribution in [0.25, 0.3) is 0 Å². The van der Waals surface area contributed by atoms with Gasteiger partial charge in [-0.05, 0) is 57.7 Å². The summed E-state index contributed by atoms with van der Waals surface area (Å²) in [4.78, 5) is 0. The molecular formula is C15H22O2. The van der Waals surface area contributed by atoms with Gasteiger partial charge in [0.15, 0.2) is 0 Å². The van der Waals surface area contributed by atoms with Crippen LogP contribution in [0.15, 0.2) is 18.2 Å². The van der Waals surface area contributed by atoms with Gasteiger partial charge in [0.2, 0.25) is 0 Å². The van der Waals surface area contributed by atoms with Crippen LogP contribution in [0.4, 0.5) is 0 Å². The van der Waals surface area contributed by atoms with Gasteiger partial charge in [-0.2, -0.15) is 0 Å². The highest BCUT2D eigenvalue weighted by molar-refractivity contribution is 5.39. The molecular weight excluding hydrogens is 212 g/mol. The maximum atomic E-state index is 9.83. The first-order valence-electron chi connectivity index (χ1n) is 6.28. The Labute approximate surface area is 104 Å². The molecule has 1 aromatic rings. The molecule has 0 spiro atoms. The largest absolute Gasteiger partial charge is 0.488 e. The maximum absolute atomic E-state index is 9.83. The monoisotopic (exact) mass is 234 g/mol. The molecule has 1 heterocycles. The molecule has 0 aliphatic carbocycles. The van der Waals surface area contributed by atoms with E-state index in [4.69, 9.17) is 4.74 Å². The minimum absolute atomic E-state index is 0.0508. The summed E-state index contributed by atoms with van der Waals surface area (Å²) in [6.45, 7) is 7.93. The second-order valence-corrected chi connectivity index (χ2v) is 6.29. The lowest BCUT2D eigenvalue weighted by Gasteiger charge is -2.33. The average molecular weight is 234 g/mol. The molecule has 1 aliphatic rings. The Hall–Kier alpha value is -1.02. The van der Waals surface area contributed by atoms with Crippen molar-refractivity contribution in [3.05, 3.63) is 29.3 Å². The normalized spacial score (nSPS) is 18.4. The minimum Gasteiger partial charge on any atom is -0.488 e. The number of benzene rings is 1. The summed E-state index contributed by atoms with van der Waals surface area (Å²) in [5.41, 5.74) is 1.75. The van der Waals surface area contributed by atoms with Crippen LogP contribution in [-0.4, -0.2) is 16.3 Å². The number of aryl methyl sites for hydroxylation is 1. The van der Waals surface area contributed by atoms with Gasteiger partial charge in [0.25, 0.3) is 0 Å². The van der Waals surface area contributed by atoms with Gasteiger partial charge in [-0.25, -0.2) is 0 Å². The summed E-state index contributed by atoms with van der Waals surface area (Å²) in [6, 6.07) is 6.26. The third kappa shape index (κ3) is 3.22. The van der Waals surface area contributed by atoms with Crippen LogP contribution in [0, 0.1) is 0 Å². The van der Waals surface area contributed by atoms with Gasteiger partial charge in [-0.15, -0.1) is 0 Å². The van der Waals surface area contributed by atoms with E-state index in [1.807, 2.05) is 19.9 Å². The molecule has 17 heavy (non-hydrogen) atoms. The zero-order valence-corrected chi connectivity index (χ0v) is 11.2. The Morgan fingerprint density at radius 1 is 1.35 bits per heavy atom. The van der Waals surface area contributed by atoms with Gasteiger partial charge < -0.3 is 9.84 Å². The Balaban J connectivity index is 2.22. The van der Waals surface area contributed by atoms with Crippen molar-refractivity contribution >= 4 is 0 Å². The number of hydrogen-bond donors (Lipinski definition) is 1. The van der Waals surface area contributed by atoms with Crippen molar-refractivity contribution in [2.45, 2.75) is 58.2 Å². The Bertz CT molecular complexity index is 413.